The molecule has 1 amide bonds. The second-order valence-corrected chi connectivity index (χ2v) is 7.93. The molecule has 1 saturated carbocycles. The lowest BCUT2D eigenvalue weighted by atomic mass is 9.84. The molecule has 160 valence electrons. The lowest BCUT2D eigenvalue weighted by Gasteiger charge is -2.30. The average Bonchev–Trinajstić information content (AvgIpc) is 3.09. The van der Waals surface area contributed by atoms with Crippen molar-refractivity contribution in [1.29, 1.82) is 5.26 Å². The first kappa shape index (κ1) is 21.8. The van der Waals surface area contributed by atoms with E-state index in [4.69, 9.17) is 10.00 Å². The maximum absolute atomic E-state index is 13.2. The fourth-order valence-electron chi connectivity index (χ4n) is 4.17. The molecule has 1 aliphatic rings. The maximum atomic E-state index is 13.2. The molecule has 7 heteroatoms. The minimum Gasteiger partial charge on any atom is -0.466 e. The van der Waals surface area contributed by atoms with Crippen molar-refractivity contribution in [2.75, 3.05) is 6.61 Å². The van der Waals surface area contributed by atoms with Crippen molar-refractivity contribution >= 4 is 22.8 Å². The number of unbranched alkanes of at least 4 members (excludes halogenated alkanes) is 2. The van der Waals surface area contributed by atoms with Crippen LogP contribution in [0.15, 0.2) is 18.2 Å². The maximum Gasteiger partial charge on any atom is 0.311 e. The molecule has 0 aliphatic heterocycles. The quantitative estimate of drug-likeness (QED) is 0.526. The molecular formula is C23H30N4O3. The minimum absolute atomic E-state index is 0.230. The van der Waals surface area contributed by atoms with Crippen molar-refractivity contribution in [1.82, 2.24) is 15.1 Å². The van der Waals surface area contributed by atoms with Crippen molar-refractivity contribution in [3.8, 4) is 6.07 Å². The van der Waals surface area contributed by atoms with Gasteiger partial charge in [-0.05, 0) is 51.7 Å². The summed E-state index contributed by atoms with van der Waals surface area (Å²) in [6, 6.07) is 7.90. The van der Waals surface area contributed by atoms with Crippen LogP contribution in [0, 0.1) is 24.2 Å². The van der Waals surface area contributed by atoms with Crippen molar-refractivity contribution in [3.63, 3.8) is 0 Å². The predicted molar refractivity (Wildman–Crippen MR) is 114 cm³/mol. The fourth-order valence-corrected chi connectivity index (χ4v) is 4.17. The number of esters is 1. The van der Waals surface area contributed by atoms with Crippen LogP contribution in [-0.2, 0) is 16.1 Å². The van der Waals surface area contributed by atoms with Gasteiger partial charge in [0, 0.05) is 24.4 Å². The highest BCUT2D eigenvalue weighted by atomic mass is 16.5. The van der Waals surface area contributed by atoms with Crippen molar-refractivity contribution in [2.24, 2.45) is 5.92 Å². The van der Waals surface area contributed by atoms with Gasteiger partial charge in [0.2, 0.25) is 0 Å². The topological polar surface area (TPSA) is 97.0 Å². The van der Waals surface area contributed by atoms with Gasteiger partial charge >= 0.3 is 5.97 Å². The highest BCUT2D eigenvalue weighted by Gasteiger charge is 2.34. The number of amides is 1. The van der Waals surface area contributed by atoms with Gasteiger partial charge in [0.15, 0.2) is 5.69 Å². The first-order valence-electron chi connectivity index (χ1n) is 10.9. The second kappa shape index (κ2) is 10.2. The molecule has 7 nitrogen and oxygen atoms in total. The monoisotopic (exact) mass is 410 g/mol. The summed E-state index contributed by atoms with van der Waals surface area (Å²) in [5.41, 5.74) is 2.36. The van der Waals surface area contributed by atoms with E-state index in [1.807, 2.05) is 29.8 Å². The molecule has 1 aliphatic carbocycles. The Labute approximate surface area is 177 Å². The Kier molecular flexibility index (Phi) is 7.45. The zero-order valence-electron chi connectivity index (χ0n) is 17.8. The van der Waals surface area contributed by atoms with Crippen LogP contribution in [0.1, 0.15) is 67.9 Å². The summed E-state index contributed by atoms with van der Waals surface area (Å²) in [6.45, 7) is 4.79. The number of nitrogens with one attached hydrogen (secondary N) is 1. The summed E-state index contributed by atoms with van der Waals surface area (Å²) in [6.07, 6.45) is 5.59. The minimum atomic E-state index is -0.302. The molecule has 1 aromatic heterocycles. The van der Waals surface area contributed by atoms with E-state index in [2.05, 4.69) is 16.5 Å². The number of aryl methyl sites for hydroxylation is 2. The number of hydrogen-bond donors (Lipinski definition) is 1. The average molecular weight is 411 g/mol. The van der Waals surface area contributed by atoms with Gasteiger partial charge in [0.05, 0.1) is 24.1 Å². The van der Waals surface area contributed by atoms with E-state index in [1.54, 1.807) is 6.92 Å². The van der Waals surface area contributed by atoms with Gasteiger partial charge in [-0.25, -0.2) is 0 Å². The van der Waals surface area contributed by atoms with Gasteiger partial charge < -0.3 is 10.1 Å². The number of carbonyl (C=O) groups excluding carboxylic acids is 2. The largest absolute Gasteiger partial charge is 0.466 e. The third kappa shape index (κ3) is 4.99. The second-order valence-electron chi connectivity index (χ2n) is 7.93. The predicted octanol–water partition coefficient (Wildman–Crippen LogP) is 3.89. The zero-order valence-corrected chi connectivity index (χ0v) is 17.8. The Bertz CT molecular complexity index is 944. The van der Waals surface area contributed by atoms with E-state index in [0.29, 0.717) is 25.3 Å². The van der Waals surface area contributed by atoms with E-state index < -0.39 is 0 Å². The number of hydrogen-bond acceptors (Lipinski definition) is 5. The number of benzene rings is 1. The van der Waals surface area contributed by atoms with Gasteiger partial charge in [-0.2, -0.15) is 10.4 Å². The number of carbonyl (C=O) groups is 2. The van der Waals surface area contributed by atoms with Crippen LogP contribution in [0.5, 0.6) is 0 Å². The number of nitriles is 1. The van der Waals surface area contributed by atoms with Crippen molar-refractivity contribution in [2.45, 2.75) is 71.4 Å². The van der Waals surface area contributed by atoms with Crippen LogP contribution in [0.3, 0.4) is 0 Å². The van der Waals surface area contributed by atoms with Gasteiger partial charge in [-0.3, -0.25) is 14.3 Å². The summed E-state index contributed by atoms with van der Waals surface area (Å²) in [5.74, 6) is -0.780. The number of aromatic nitrogens is 2. The highest BCUT2D eigenvalue weighted by Crippen LogP contribution is 2.27. The fraction of sp³-hybridized carbons (Fsp3) is 0.565. The van der Waals surface area contributed by atoms with Crippen molar-refractivity contribution in [3.05, 3.63) is 29.5 Å². The standard InChI is InChI=1S/C23H30N4O3/c1-3-30-23(29)17-9-5-6-10-19(17)25-22(28)21-18-15-16(2)11-12-20(18)27(26-21)14-8-4-7-13-24/h11-12,15,17,19H,3-10,14H2,1-2H3,(H,25,28)/t17-,19?/m1/s1. The molecule has 2 atom stereocenters. The van der Waals surface area contributed by atoms with Crippen LogP contribution in [-0.4, -0.2) is 34.3 Å². The van der Waals surface area contributed by atoms with Crippen LogP contribution in [0.2, 0.25) is 0 Å². The van der Waals surface area contributed by atoms with Crippen LogP contribution >= 0.6 is 0 Å². The van der Waals surface area contributed by atoms with E-state index in [1.165, 1.54) is 0 Å². The Morgan fingerprint density at radius 1 is 1.30 bits per heavy atom. The third-order valence-corrected chi connectivity index (χ3v) is 5.70. The molecule has 2 aromatic rings. The normalized spacial score (nSPS) is 18.7. The lowest BCUT2D eigenvalue weighted by molar-refractivity contribution is -0.150. The Balaban J connectivity index is 1.82. The van der Waals surface area contributed by atoms with E-state index >= 15 is 0 Å². The summed E-state index contributed by atoms with van der Waals surface area (Å²) in [4.78, 5) is 25.5. The number of ether oxygens (including phenoxy) is 1. The van der Waals surface area contributed by atoms with Crippen LogP contribution < -0.4 is 5.32 Å². The summed E-state index contributed by atoms with van der Waals surface area (Å²) >= 11 is 0. The molecule has 0 bridgehead atoms. The molecule has 1 N–H and O–H groups in total. The van der Waals surface area contributed by atoms with Gasteiger partial charge in [0.1, 0.15) is 0 Å². The molecule has 1 fully saturated rings. The SMILES string of the molecule is CCOC(=O)[C@@H]1CCCCC1NC(=O)c1nn(CCCCC#N)c2ccc(C)cc12. The first-order valence-corrected chi connectivity index (χ1v) is 10.9. The van der Waals surface area contributed by atoms with E-state index in [-0.39, 0.29) is 23.8 Å². The molecule has 30 heavy (non-hydrogen) atoms. The molecule has 0 spiro atoms. The zero-order chi connectivity index (χ0) is 21.5. The molecule has 1 heterocycles. The molecule has 0 radical (unpaired) electrons. The van der Waals surface area contributed by atoms with E-state index in [0.717, 1.165) is 55.0 Å². The summed E-state index contributed by atoms with van der Waals surface area (Å²) in [5, 5.41) is 17.2. The summed E-state index contributed by atoms with van der Waals surface area (Å²) < 4.78 is 7.07. The lowest BCUT2D eigenvalue weighted by Crippen LogP contribution is -2.45. The van der Waals surface area contributed by atoms with Crippen LogP contribution in [0.4, 0.5) is 0 Å². The molecule has 3 rings (SSSR count). The number of fused-ring (bicyclic) bond motifs is 1. The molecule has 1 aromatic carbocycles. The molecular weight excluding hydrogens is 380 g/mol. The Morgan fingerprint density at radius 2 is 2.10 bits per heavy atom. The number of nitrogens with zero attached hydrogens (tertiary/aromatic N) is 3. The first-order chi connectivity index (χ1) is 14.5. The van der Waals surface area contributed by atoms with Gasteiger partial charge in [-0.1, -0.05) is 24.5 Å². The van der Waals surface area contributed by atoms with E-state index in [9.17, 15) is 9.59 Å². The smallest absolute Gasteiger partial charge is 0.311 e. The Morgan fingerprint density at radius 3 is 2.87 bits per heavy atom. The molecule has 1 unspecified atom stereocenters. The van der Waals surface area contributed by atoms with Crippen LogP contribution in [0.25, 0.3) is 10.9 Å². The van der Waals surface area contributed by atoms with Crippen molar-refractivity contribution < 1.29 is 14.3 Å². The summed E-state index contributed by atoms with van der Waals surface area (Å²) in [7, 11) is 0. The molecule has 0 saturated heterocycles. The van der Waals surface area contributed by atoms with Gasteiger partial charge in [-0.15, -0.1) is 0 Å². The number of rotatable bonds is 8. The highest BCUT2D eigenvalue weighted by molar-refractivity contribution is 6.05. The third-order valence-electron chi connectivity index (χ3n) is 5.70. The van der Waals surface area contributed by atoms with Gasteiger partial charge in [0.25, 0.3) is 5.91 Å². The Hall–Kier alpha value is -2.88.